The zero-order valence-corrected chi connectivity index (χ0v) is 33.9. The number of halogens is 2. The topological polar surface area (TPSA) is 160 Å². The van der Waals surface area contributed by atoms with Crippen molar-refractivity contribution in [3.8, 4) is 22.5 Å². The van der Waals surface area contributed by atoms with Crippen molar-refractivity contribution in [2.75, 3.05) is 21.3 Å². The first-order chi connectivity index (χ1) is 28.2. The molecular formula is C42H32Cl2N10O2S2. The summed E-state index contributed by atoms with van der Waals surface area (Å²) in [7, 11) is 0. The maximum atomic E-state index is 12.5. The summed E-state index contributed by atoms with van der Waals surface area (Å²) in [5, 5.41) is 18.2. The summed E-state index contributed by atoms with van der Waals surface area (Å²) < 4.78 is 0. The smallest absolute Gasteiger partial charge is 0.255 e. The van der Waals surface area contributed by atoms with Crippen molar-refractivity contribution in [2.24, 2.45) is 0 Å². The average molecular weight is 844 g/mol. The van der Waals surface area contributed by atoms with Crippen molar-refractivity contribution in [1.29, 1.82) is 0 Å². The second-order valence-corrected chi connectivity index (χ2v) is 15.0. The van der Waals surface area contributed by atoms with Crippen molar-refractivity contribution < 1.29 is 9.59 Å². The quantitative estimate of drug-likeness (QED) is 0.0976. The summed E-state index contributed by atoms with van der Waals surface area (Å²) in [6.07, 6.45) is 10.2. The van der Waals surface area contributed by atoms with Crippen LogP contribution in [0.25, 0.3) is 22.5 Å². The van der Waals surface area contributed by atoms with Gasteiger partial charge in [0.1, 0.15) is 10.3 Å². The zero-order valence-electron chi connectivity index (χ0n) is 30.8. The number of carbonyl (C=O) groups excluding carboxylic acids is 2. The molecule has 2 amide bonds. The predicted octanol–water partition coefficient (Wildman–Crippen LogP) is 11.1. The lowest BCUT2D eigenvalue weighted by Crippen LogP contribution is -2.12. The molecule has 288 valence electrons. The number of anilines is 6. The van der Waals surface area contributed by atoms with Gasteiger partial charge in [-0.1, -0.05) is 35.3 Å². The zero-order chi connectivity index (χ0) is 40.4. The van der Waals surface area contributed by atoms with Crippen LogP contribution in [-0.4, -0.2) is 41.7 Å². The van der Waals surface area contributed by atoms with E-state index in [4.69, 9.17) is 23.2 Å². The minimum atomic E-state index is -0.330. The number of hydrogen-bond acceptors (Lipinski definition) is 12. The number of carbonyl (C=O) groups is 2. The van der Waals surface area contributed by atoms with Gasteiger partial charge in [0, 0.05) is 92.9 Å². The molecule has 8 rings (SSSR count). The fourth-order valence-electron chi connectivity index (χ4n) is 5.36. The van der Waals surface area contributed by atoms with Crippen LogP contribution in [0, 0.1) is 13.8 Å². The van der Waals surface area contributed by atoms with Crippen LogP contribution in [0.4, 0.5) is 33.0 Å². The minimum Gasteiger partial charge on any atom is -0.331 e. The van der Waals surface area contributed by atoms with Crippen molar-refractivity contribution >= 4 is 90.7 Å². The number of rotatable bonds is 10. The van der Waals surface area contributed by atoms with Gasteiger partial charge in [-0.3, -0.25) is 24.5 Å². The van der Waals surface area contributed by atoms with Gasteiger partial charge in [-0.05, 0) is 97.8 Å². The highest BCUT2D eigenvalue weighted by atomic mass is 35.5. The van der Waals surface area contributed by atoms with E-state index in [0.717, 1.165) is 55.3 Å². The number of pyridine rings is 4. The Morgan fingerprint density at radius 1 is 0.552 bits per heavy atom. The van der Waals surface area contributed by atoms with E-state index in [2.05, 4.69) is 51.2 Å². The van der Waals surface area contributed by atoms with Crippen LogP contribution < -0.4 is 21.3 Å². The maximum absolute atomic E-state index is 12.5. The maximum Gasteiger partial charge on any atom is 0.255 e. The number of aryl methyl sites for hydroxylation is 2. The molecule has 0 aliphatic carbocycles. The van der Waals surface area contributed by atoms with Crippen LogP contribution in [0.15, 0.2) is 133 Å². The molecule has 0 radical (unpaired) electrons. The third kappa shape index (κ3) is 10.4. The highest BCUT2D eigenvalue weighted by Crippen LogP contribution is 2.31. The first kappa shape index (κ1) is 39.6. The van der Waals surface area contributed by atoms with Gasteiger partial charge in [0.2, 0.25) is 0 Å². The molecule has 8 aromatic rings. The Kier molecular flexibility index (Phi) is 12.7. The van der Waals surface area contributed by atoms with E-state index in [1.54, 1.807) is 49.3 Å². The Bertz CT molecular complexity index is 2660. The number of amides is 2. The highest BCUT2D eigenvalue weighted by Gasteiger charge is 2.13. The van der Waals surface area contributed by atoms with Crippen molar-refractivity contribution in [1.82, 2.24) is 29.9 Å². The molecule has 0 unspecified atom stereocenters. The molecule has 4 N–H and O–H groups in total. The van der Waals surface area contributed by atoms with Gasteiger partial charge in [0.05, 0.1) is 11.4 Å². The van der Waals surface area contributed by atoms with E-state index in [1.165, 1.54) is 34.8 Å². The third-order valence-corrected chi connectivity index (χ3v) is 10.3. The molecule has 0 saturated carbocycles. The molecular weight excluding hydrogens is 812 g/mol. The summed E-state index contributed by atoms with van der Waals surface area (Å²) in [6, 6.07) is 25.3. The molecule has 0 aliphatic rings. The highest BCUT2D eigenvalue weighted by molar-refractivity contribution is 7.14. The van der Waals surface area contributed by atoms with Crippen LogP contribution in [0.2, 0.25) is 10.3 Å². The van der Waals surface area contributed by atoms with Crippen LogP contribution in [0.1, 0.15) is 31.8 Å². The second-order valence-electron chi connectivity index (χ2n) is 12.5. The summed E-state index contributed by atoms with van der Waals surface area (Å²) in [5.74, 6) is -0.505. The molecule has 2 aromatic carbocycles. The van der Waals surface area contributed by atoms with Crippen LogP contribution >= 0.6 is 45.9 Å². The van der Waals surface area contributed by atoms with Gasteiger partial charge in [0.25, 0.3) is 11.8 Å². The summed E-state index contributed by atoms with van der Waals surface area (Å²) in [4.78, 5) is 50.2. The molecule has 6 aromatic heterocycles. The molecule has 16 heteroatoms. The minimum absolute atomic E-state index is 0.159. The first-order valence-corrected chi connectivity index (χ1v) is 20.0. The molecule has 0 bridgehead atoms. The number of nitrogens with one attached hydrogen (secondary N) is 4. The molecule has 12 nitrogen and oxygen atoms in total. The molecule has 58 heavy (non-hydrogen) atoms. The Morgan fingerprint density at radius 2 is 1.03 bits per heavy atom. The van der Waals surface area contributed by atoms with Crippen LogP contribution in [0.3, 0.4) is 0 Å². The monoisotopic (exact) mass is 842 g/mol. The van der Waals surface area contributed by atoms with Gasteiger partial charge in [-0.2, -0.15) is 0 Å². The molecule has 6 heterocycles. The Morgan fingerprint density at radius 3 is 1.50 bits per heavy atom. The van der Waals surface area contributed by atoms with E-state index in [-0.39, 0.29) is 22.1 Å². The molecule has 0 saturated heterocycles. The molecule has 0 aliphatic heterocycles. The lowest BCUT2D eigenvalue weighted by atomic mass is 10.1. The SMILES string of the molecule is Cc1ccc(NC(=O)c2cc(Cl)nc(Cl)c2)cc1Nc1nc(-c2cccnc2)cs1.Cc1ccc(NC(=O)c2ccncc2)cc1Nc1nc(-c2cccnc2)cs1. The van der Waals surface area contributed by atoms with Crippen molar-refractivity contribution in [3.05, 3.63) is 165 Å². The standard InChI is InChI=1S/C21H15Cl2N5OS.C21H17N5OS/c1-12-4-5-15(25-20(29)14-7-18(22)28-19(23)8-14)9-16(12)26-21-27-17(11-30-21)13-3-2-6-24-10-13;1-14-4-5-17(24-20(27)15-6-9-22-10-7-15)11-18(14)25-21-26-19(13-28-21)16-3-2-8-23-12-16/h2-11H,1H3,(H,25,29)(H,26,27);2-13H,1H3,(H,24,27)(H,25,26). The summed E-state index contributed by atoms with van der Waals surface area (Å²) >= 11 is 14.8. The van der Waals surface area contributed by atoms with Gasteiger partial charge < -0.3 is 21.3 Å². The summed E-state index contributed by atoms with van der Waals surface area (Å²) in [5.41, 5.74) is 9.68. The van der Waals surface area contributed by atoms with Crippen molar-refractivity contribution in [3.63, 3.8) is 0 Å². The van der Waals surface area contributed by atoms with Gasteiger partial charge in [-0.15, -0.1) is 22.7 Å². The number of thiazole rings is 2. The van der Waals surface area contributed by atoms with Crippen LogP contribution in [0.5, 0.6) is 0 Å². The summed E-state index contributed by atoms with van der Waals surface area (Å²) in [6.45, 7) is 3.98. The molecule has 0 fully saturated rings. The molecule has 0 atom stereocenters. The van der Waals surface area contributed by atoms with E-state index in [0.29, 0.717) is 22.5 Å². The number of nitrogens with zero attached hydrogens (tertiary/aromatic N) is 6. The largest absolute Gasteiger partial charge is 0.331 e. The van der Waals surface area contributed by atoms with E-state index in [9.17, 15) is 9.59 Å². The third-order valence-electron chi connectivity index (χ3n) is 8.36. The number of benzene rings is 2. The lowest BCUT2D eigenvalue weighted by Gasteiger charge is -2.11. The Balaban J connectivity index is 0.000000177. The van der Waals surface area contributed by atoms with E-state index < -0.39 is 0 Å². The van der Waals surface area contributed by atoms with Gasteiger partial charge in [0.15, 0.2) is 10.3 Å². The van der Waals surface area contributed by atoms with Gasteiger partial charge >= 0.3 is 0 Å². The van der Waals surface area contributed by atoms with Gasteiger partial charge in [-0.25, -0.2) is 15.0 Å². The predicted molar refractivity (Wildman–Crippen MR) is 234 cm³/mol. The van der Waals surface area contributed by atoms with Crippen molar-refractivity contribution in [2.45, 2.75) is 13.8 Å². The van der Waals surface area contributed by atoms with Crippen LogP contribution in [-0.2, 0) is 0 Å². The number of hydrogen-bond donors (Lipinski definition) is 4. The molecule has 0 spiro atoms. The first-order valence-electron chi connectivity index (χ1n) is 17.5. The fraction of sp³-hybridized carbons (Fsp3) is 0.0476. The second kappa shape index (κ2) is 18.6. The Hall–Kier alpha value is -6.58. The Labute approximate surface area is 351 Å². The average Bonchev–Trinajstić information content (AvgIpc) is 3.91. The normalized spacial score (nSPS) is 10.6. The fourth-order valence-corrected chi connectivity index (χ4v) is 7.29. The van der Waals surface area contributed by atoms with E-state index >= 15 is 0 Å². The lowest BCUT2D eigenvalue weighted by molar-refractivity contribution is 0.101. The number of aromatic nitrogens is 6. The van der Waals surface area contributed by atoms with E-state index in [1.807, 2.05) is 85.3 Å².